The lowest BCUT2D eigenvalue weighted by Crippen LogP contribution is -2.34. The number of benzene rings is 2. The summed E-state index contributed by atoms with van der Waals surface area (Å²) in [5.41, 5.74) is 2.60. The van der Waals surface area contributed by atoms with E-state index in [1.807, 2.05) is 38.1 Å². The van der Waals surface area contributed by atoms with Gasteiger partial charge in [0.15, 0.2) is 0 Å². The minimum atomic E-state index is -0.816. The van der Waals surface area contributed by atoms with Crippen molar-refractivity contribution in [3.05, 3.63) is 69.5 Å². The highest BCUT2D eigenvalue weighted by molar-refractivity contribution is 6.32. The molecule has 7 nitrogen and oxygen atoms in total. The first kappa shape index (κ1) is 22.4. The normalized spacial score (nSPS) is 11.6. The van der Waals surface area contributed by atoms with Crippen molar-refractivity contribution in [1.29, 1.82) is 0 Å². The van der Waals surface area contributed by atoms with Crippen molar-refractivity contribution >= 4 is 23.2 Å². The predicted octanol–water partition coefficient (Wildman–Crippen LogP) is 4.48. The number of anilines is 1. The Hall–Kier alpha value is -3.32. The van der Waals surface area contributed by atoms with Gasteiger partial charge in [-0.25, -0.2) is 4.68 Å². The lowest BCUT2D eigenvalue weighted by Gasteiger charge is -2.19. The van der Waals surface area contributed by atoms with Gasteiger partial charge in [0, 0.05) is 17.7 Å². The molecule has 0 aliphatic carbocycles. The van der Waals surface area contributed by atoms with E-state index >= 15 is 0 Å². The van der Waals surface area contributed by atoms with Crippen molar-refractivity contribution < 1.29 is 14.3 Å². The first-order valence-corrected chi connectivity index (χ1v) is 10.1. The number of aryl methyl sites for hydroxylation is 1. The number of nitrogens with zero attached hydrogens (tertiary/aromatic N) is 2. The summed E-state index contributed by atoms with van der Waals surface area (Å²) in [5, 5.41) is 7.58. The molecule has 1 N–H and O–H groups in total. The van der Waals surface area contributed by atoms with Crippen LogP contribution in [0.15, 0.2) is 53.3 Å². The molecule has 0 spiro atoms. The van der Waals surface area contributed by atoms with Crippen LogP contribution in [0.2, 0.25) is 5.02 Å². The highest BCUT2D eigenvalue weighted by Gasteiger charge is 2.23. The van der Waals surface area contributed by atoms with Gasteiger partial charge in [-0.3, -0.25) is 9.59 Å². The molecule has 31 heavy (non-hydrogen) atoms. The molecular weight excluding hydrogens is 418 g/mol. The van der Waals surface area contributed by atoms with Gasteiger partial charge in [-0.15, -0.1) is 0 Å². The SMILES string of the molecule is CC[C@H](C(=O)Nc1cc(Cl)c(OC)cc1OC)n1nc(-c2ccc(C)cc2)ccc1=O. The zero-order chi connectivity index (χ0) is 22.5. The van der Waals surface area contributed by atoms with E-state index in [-0.39, 0.29) is 5.56 Å². The second kappa shape index (κ2) is 9.66. The number of hydrogen-bond donors (Lipinski definition) is 1. The molecule has 3 rings (SSSR count). The Morgan fingerprint density at radius 3 is 2.39 bits per heavy atom. The smallest absolute Gasteiger partial charge is 0.267 e. The summed E-state index contributed by atoms with van der Waals surface area (Å²) in [4.78, 5) is 25.6. The average Bonchev–Trinajstić information content (AvgIpc) is 2.76. The molecule has 1 heterocycles. The highest BCUT2D eigenvalue weighted by Crippen LogP contribution is 2.36. The Labute approximate surface area is 185 Å². The van der Waals surface area contributed by atoms with Gasteiger partial charge in [-0.05, 0) is 25.5 Å². The number of rotatable bonds is 7. The average molecular weight is 442 g/mol. The van der Waals surface area contributed by atoms with Gasteiger partial charge in [0.05, 0.1) is 30.6 Å². The highest BCUT2D eigenvalue weighted by atomic mass is 35.5. The summed E-state index contributed by atoms with van der Waals surface area (Å²) in [6.45, 7) is 3.81. The van der Waals surface area contributed by atoms with Crippen molar-refractivity contribution in [3.8, 4) is 22.8 Å². The van der Waals surface area contributed by atoms with E-state index in [1.165, 1.54) is 25.0 Å². The van der Waals surface area contributed by atoms with Crippen LogP contribution in [0, 0.1) is 6.92 Å². The molecule has 0 aliphatic rings. The lowest BCUT2D eigenvalue weighted by molar-refractivity contribution is -0.119. The van der Waals surface area contributed by atoms with E-state index in [9.17, 15) is 9.59 Å². The monoisotopic (exact) mass is 441 g/mol. The minimum Gasteiger partial charge on any atom is -0.495 e. The summed E-state index contributed by atoms with van der Waals surface area (Å²) < 4.78 is 11.7. The molecule has 0 saturated carbocycles. The van der Waals surface area contributed by atoms with Crippen LogP contribution in [0.4, 0.5) is 5.69 Å². The minimum absolute atomic E-state index is 0.323. The van der Waals surface area contributed by atoms with Crippen LogP contribution in [0.25, 0.3) is 11.3 Å². The van der Waals surface area contributed by atoms with Crippen LogP contribution in [0.5, 0.6) is 11.5 Å². The van der Waals surface area contributed by atoms with Crippen molar-refractivity contribution in [3.63, 3.8) is 0 Å². The molecule has 1 aromatic heterocycles. The molecular formula is C23H24ClN3O4. The molecule has 0 radical (unpaired) electrons. The predicted molar refractivity (Wildman–Crippen MR) is 121 cm³/mol. The fourth-order valence-electron chi connectivity index (χ4n) is 3.17. The number of aromatic nitrogens is 2. The molecule has 0 unspecified atom stereocenters. The molecule has 3 aromatic rings. The van der Waals surface area contributed by atoms with Crippen molar-refractivity contribution in [2.24, 2.45) is 0 Å². The third kappa shape index (κ3) is 4.88. The van der Waals surface area contributed by atoms with E-state index in [2.05, 4.69) is 10.4 Å². The third-order valence-corrected chi connectivity index (χ3v) is 5.18. The fraction of sp³-hybridized carbons (Fsp3) is 0.261. The Morgan fingerprint density at radius 1 is 1.10 bits per heavy atom. The first-order valence-electron chi connectivity index (χ1n) is 9.77. The van der Waals surface area contributed by atoms with E-state index in [0.29, 0.717) is 34.3 Å². The molecule has 0 saturated heterocycles. The number of carbonyl (C=O) groups excluding carboxylic acids is 1. The summed E-state index contributed by atoms with van der Waals surface area (Å²) in [6, 6.07) is 13.2. The number of halogens is 1. The summed E-state index contributed by atoms with van der Waals surface area (Å²) >= 11 is 6.20. The van der Waals surface area contributed by atoms with Crippen LogP contribution >= 0.6 is 11.6 Å². The largest absolute Gasteiger partial charge is 0.495 e. The van der Waals surface area contributed by atoms with Crippen molar-refractivity contribution in [1.82, 2.24) is 9.78 Å². The third-order valence-electron chi connectivity index (χ3n) is 4.89. The van der Waals surface area contributed by atoms with Crippen LogP contribution < -0.4 is 20.3 Å². The second-order valence-corrected chi connectivity index (χ2v) is 7.37. The number of carbonyl (C=O) groups is 1. The number of nitrogens with one attached hydrogen (secondary N) is 1. The second-order valence-electron chi connectivity index (χ2n) is 6.97. The zero-order valence-electron chi connectivity index (χ0n) is 17.8. The van der Waals surface area contributed by atoms with Gasteiger partial charge in [0.1, 0.15) is 17.5 Å². The zero-order valence-corrected chi connectivity index (χ0v) is 18.6. The Balaban J connectivity index is 1.94. The molecule has 0 aliphatic heterocycles. The van der Waals surface area contributed by atoms with Gasteiger partial charge in [-0.2, -0.15) is 5.10 Å². The maximum Gasteiger partial charge on any atom is 0.267 e. The van der Waals surface area contributed by atoms with Gasteiger partial charge >= 0.3 is 0 Å². The quantitative estimate of drug-likeness (QED) is 0.584. The molecule has 1 amide bonds. The van der Waals surface area contributed by atoms with Crippen LogP contribution in [0.1, 0.15) is 24.9 Å². The van der Waals surface area contributed by atoms with E-state index < -0.39 is 11.9 Å². The molecule has 162 valence electrons. The maximum atomic E-state index is 13.1. The van der Waals surface area contributed by atoms with Crippen LogP contribution in [-0.2, 0) is 4.79 Å². The molecule has 0 bridgehead atoms. The van der Waals surface area contributed by atoms with E-state index in [4.69, 9.17) is 21.1 Å². The number of amides is 1. The lowest BCUT2D eigenvalue weighted by atomic mass is 10.1. The summed E-state index contributed by atoms with van der Waals surface area (Å²) in [5.74, 6) is 0.406. The standard InChI is InChI=1S/C23H24ClN3O4/c1-5-19(23(29)25-18-12-16(24)20(30-3)13-21(18)31-4)27-22(28)11-10-17(26-27)15-8-6-14(2)7-9-15/h6-13,19H,5H2,1-4H3,(H,25,29)/t19-/m1/s1. The van der Waals surface area contributed by atoms with Crippen LogP contribution in [-0.4, -0.2) is 29.9 Å². The van der Waals surface area contributed by atoms with Crippen molar-refractivity contribution in [2.75, 3.05) is 19.5 Å². The molecule has 8 heteroatoms. The number of ether oxygens (including phenoxy) is 2. The van der Waals surface area contributed by atoms with Gasteiger partial charge in [-0.1, -0.05) is 48.4 Å². The fourth-order valence-corrected chi connectivity index (χ4v) is 3.41. The first-order chi connectivity index (χ1) is 14.9. The van der Waals surface area contributed by atoms with E-state index in [1.54, 1.807) is 18.2 Å². The number of hydrogen-bond acceptors (Lipinski definition) is 5. The molecule has 1 atom stereocenters. The Kier molecular flexibility index (Phi) is 6.97. The topological polar surface area (TPSA) is 82.4 Å². The summed E-state index contributed by atoms with van der Waals surface area (Å²) in [6.07, 6.45) is 0.363. The summed E-state index contributed by atoms with van der Waals surface area (Å²) in [7, 11) is 2.97. The molecule has 0 fully saturated rings. The van der Waals surface area contributed by atoms with Gasteiger partial charge in [0.25, 0.3) is 5.56 Å². The van der Waals surface area contributed by atoms with Gasteiger partial charge < -0.3 is 14.8 Å². The Bertz CT molecular complexity index is 1140. The Morgan fingerprint density at radius 2 is 1.77 bits per heavy atom. The number of methoxy groups -OCH3 is 2. The van der Waals surface area contributed by atoms with Crippen LogP contribution in [0.3, 0.4) is 0 Å². The van der Waals surface area contributed by atoms with E-state index in [0.717, 1.165) is 11.1 Å². The molecule has 2 aromatic carbocycles. The maximum absolute atomic E-state index is 13.1. The van der Waals surface area contributed by atoms with Gasteiger partial charge in [0.2, 0.25) is 5.91 Å². The van der Waals surface area contributed by atoms with Crippen molar-refractivity contribution in [2.45, 2.75) is 26.3 Å².